The van der Waals surface area contributed by atoms with Crippen LogP contribution in [0.1, 0.15) is 52.6 Å². The molecule has 0 fully saturated rings. The molecule has 30 heavy (non-hydrogen) atoms. The van der Waals surface area contributed by atoms with Gasteiger partial charge in [-0.15, -0.1) is 0 Å². The molecule has 0 bridgehead atoms. The van der Waals surface area contributed by atoms with Gasteiger partial charge in [0.2, 0.25) is 0 Å². The summed E-state index contributed by atoms with van der Waals surface area (Å²) in [6.45, 7) is 4.94. The van der Waals surface area contributed by atoms with Gasteiger partial charge in [0.1, 0.15) is 0 Å². The zero-order valence-electron chi connectivity index (χ0n) is 17.1. The number of carbonyl (C=O) groups is 2. The predicted octanol–water partition coefficient (Wildman–Crippen LogP) is 3.36. The lowest BCUT2D eigenvalue weighted by Crippen LogP contribution is -2.48. The molecule has 0 saturated carbocycles. The van der Waals surface area contributed by atoms with Crippen LogP contribution in [-0.2, 0) is 0 Å². The minimum Gasteiger partial charge on any atom is -0.381 e. The van der Waals surface area contributed by atoms with E-state index in [1.54, 1.807) is 30.3 Å². The number of benzene rings is 2. The lowest BCUT2D eigenvalue weighted by Gasteiger charge is -2.43. The van der Waals surface area contributed by atoms with Crippen molar-refractivity contribution in [3.05, 3.63) is 69.3 Å². The summed E-state index contributed by atoms with van der Waals surface area (Å²) in [6.07, 6.45) is 0.467. The molecule has 2 aromatic carbocycles. The van der Waals surface area contributed by atoms with Crippen LogP contribution in [0.2, 0.25) is 0 Å². The van der Waals surface area contributed by atoms with Crippen molar-refractivity contribution < 1.29 is 14.5 Å². The number of hydrogen-bond acceptors (Lipinski definition) is 6. The van der Waals surface area contributed by atoms with Crippen molar-refractivity contribution >= 4 is 23.2 Å². The molecular weight excluding hydrogens is 384 g/mol. The van der Waals surface area contributed by atoms with Crippen LogP contribution in [0.4, 0.5) is 11.4 Å². The molecule has 2 heterocycles. The molecule has 8 heteroatoms. The van der Waals surface area contributed by atoms with E-state index in [4.69, 9.17) is 0 Å². The van der Waals surface area contributed by atoms with E-state index >= 15 is 0 Å². The smallest absolute Gasteiger partial charge is 0.269 e. The summed E-state index contributed by atoms with van der Waals surface area (Å²) in [5, 5.41) is 18.0. The van der Waals surface area contributed by atoms with Gasteiger partial charge >= 0.3 is 0 Å². The Balaban J connectivity index is 1.81. The molecule has 2 aliphatic rings. The zero-order valence-corrected chi connectivity index (χ0v) is 17.1. The van der Waals surface area contributed by atoms with E-state index in [0.29, 0.717) is 28.8 Å². The first kappa shape index (κ1) is 20.0. The highest BCUT2D eigenvalue weighted by atomic mass is 16.6. The predicted molar refractivity (Wildman–Crippen MR) is 113 cm³/mol. The molecule has 0 radical (unpaired) electrons. The van der Waals surface area contributed by atoms with Crippen molar-refractivity contribution in [2.75, 3.05) is 18.9 Å². The highest BCUT2D eigenvalue weighted by Crippen LogP contribution is 2.45. The summed E-state index contributed by atoms with van der Waals surface area (Å²) in [6, 6.07) is 10.7. The number of amides is 2. The summed E-state index contributed by atoms with van der Waals surface area (Å²) in [5.74, 6) is -0.713. The average molecular weight is 408 g/mol. The van der Waals surface area contributed by atoms with Crippen LogP contribution in [0, 0.1) is 15.5 Å². The Labute approximate surface area is 174 Å². The fourth-order valence-corrected chi connectivity index (χ4v) is 4.50. The first-order chi connectivity index (χ1) is 14.2. The van der Waals surface area contributed by atoms with Crippen LogP contribution in [0.15, 0.2) is 42.5 Å². The summed E-state index contributed by atoms with van der Waals surface area (Å²) < 4.78 is 0. The van der Waals surface area contributed by atoms with E-state index < -0.39 is 11.0 Å². The normalized spacial score (nSPS) is 20.6. The third kappa shape index (κ3) is 3.13. The van der Waals surface area contributed by atoms with E-state index in [9.17, 15) is 19.7 Å². The zero-order chi connectivity index (χ0) is 21.6. The first-order valence-corrected chi connectivity index (χ1v) is 9.91. The quantitative estimate of drug-likeness (QED) is 0.447. The number of nitro groups is 1. The molecule has 8 nitrogen and oxygen atoms in total. The number of hydrogen-bond donors (Lipinski definition) is 2. The second-order valence-electron chi connectivity index (χ2n) is 8.52. The monoisotopic (exact) mass is 408 g/mol. The van der Waals surface area contributed by atoms with Gasteiger partial charge in [0.15, 0.2) is 0 Å². The second kappa shape index (κ2) is 7.21. The van der Waals surface area contributed by atoms with E-state index in [1.807, 2.05) is 7.05 Å². The fraction of sp³-hybridized carbons (Fsp3) is 0.364. The maximum absolute atomic E-state index is 13.2. The number of rotatable bonds is 5. The molecule has 156 valence electrons. The topological polar surface area (TPSA) is 105 Å². The van der Waals surface area contributed by atoms with Gasteiger partial charge in [-0.25, -0.2) is 0 Å². The molecule has 2 aliphatic heterocycles. The molecule has 4 rings (SSSR count). The maximum Gasteiger partial charge on any atom is 0.269 e. The average Bonchev–Trinajstić information content (AvgIpc) is 2.97. The largest absolute Gasteiger partial charge is 0.381 e. The van der Waals surface area contributed by atoms with Crippen molar-refractivity contribution in [2.24, 2.45) is 5.41 Å². The summed E-state index contributed by atoms with van der Waals surface area (Å²) in [4.78, 5) is 38.5. The Bertz CT molecular complexity index is 1010. The van der Waals surface area contributed by atoms with E-state index in [2.05, 4.69) is 24.5 Å². The van der Waals surface area contributed by atoms with Gasteiger partial charge in [0, 0.05) is 36.0 Å². The molecule has 0 saturated heterocycles. The van der Waals surface area contributed by atoms with Gasteiger partial charge in [-0.3, -0.25) is 24.6 Å². The van der Waals surface area contributed by atoms with Crippen molar-refractivity contribution in [1.29, 1.82) is 0 Å². The minimum absolute atomic E-state index is 0.0479. The summed E-state index contributed by atoms with van der Waals surface area (Å²) in [7, 11) is 1.88. The number of nitrogens with zero attached hydrogens (tertiary/aromatic N) is 2. The van der Waals surface area contributed by atoms with Crippen LogP contribution in [-0.4, -0.2) is 41.3 Å². The van der Waals surface area contributed by atoms with Crippen molar-refractivity contribution in [1.82, 2.24) is 10.2 Å². The van der Waals surface area contributed by atoms with Crippen molar-refractivity contribution in [3.63, 3.8) is 0 Å². The van der Waals surface area contributed by atoms with Gasteiger partial charge in [0.05, 0.1) is 22.1 Å². The van der Waals surface area contributed by atoms with Crippen LogP contribution < -0.4 is 10.6 Å². The summed E-state index contributed by atoms with van der Waals surface area (Å²) in [5.41, 5.74) is 1.80. The first-order valence-electron chi connectivity index (χ1n) is 9.91. The van der Waals surface area contributed by atoms with Crippen LogP contribution >= 0.6 is 0 Å². The fourth-order valence-electron chi connectivity index (χ4n) is 4.50. The third-order valence-corrected chi connectivity index (χ3v) is 6.11. The SMILES string of the molecule is CNCC(C)(C)C1CC(N2C(=O)c3ccccc3C2=O)c2cc([N+](=O)[O-])ccc2N1. The second-order valence-corrected chi connectivity index (χ2v) is 8.52. The van der Waals surface area contributed by atoms with Gasteiger partial charge in [-0.2, -0.15) is 0 Å². The summed E-state index contributed by atoms with van der Waals surface area (Å²) >= 11 is 0. The number of non-ortho nitro benzene ring substituents is 1. The number of nitrogens with one attached hydrogen (secondary N) is 2. The Morgan fingerprint density at radius 2 is 1.80 bits per heavy atom. The molecule has 2 N–H and O–H groups in total. The molecule has 0 spiro atoms. The number of nitro benzene ring substituents is 1. The Hall–Kier alpha value is -3.26. The van der Waals surface area contributed by atoms with E-state index in [0.717, 1.165) is 6.54 Å². The van der Waals surface area contributed by atoms with Crippen LogP contribution in [0.5, 0.6) is 0 Å². The number of fused-ring (bicyclic) bond motifs is 2. The van der Waals surface area contributed by atoms with Crippen LogP contribution in [0.3, 0.4) is 0 Å². The Morgan fingerprint density at radius 3 is 2.37 bits per heavy atom. The molecule has 0 aliphatic carbocycles. The molecule has 2 amide bonds. The van der Waals surface area contributed by atoms with Crippen molar-refractivity contribution in [3.8, 4) is 0 Å². The molecular formula is C22H24N4O4. The number of anilines is 1. The van der Waals surface area contributed by atoms with Gasteiger partial charge < -0.3 is 10.6 Å². The van der Waals surface area contributed by atoms with Gasteiger partial charge in [0.25, 0.3) is 17.5 Å². The molecule has 2 aromatic rings. The van der Waals surface area contributed by atoms with Crippen molar-refractivity contribution in [2.45, 2.75) is 32.4 Å². The molecule has 2 atom stereocenters. The molecule has 0 aromatic heterocycles. The Morgan fingerprint density at radius 1 is 1.17 bits per heavy atom. The van der Waals surface area contributed by atoms with E-state index in [-0.39, 0.29) is 29.0 Å². The van der Waals surface area contributed by atoms with E-state index in [1.165, 1.54) is 17.0 Å². The Kier molecular flexibility index (Phi) is 4.82. The number of imide groups is 1. The van der Waals surface area contributed by atoms with Gasteiger partial charge in [-0.05, 0) is 37.1 Å². The third-order valence-electron chi connectivity index (χ3n) is 6.11. The van der Waals surface area contributed by atoms with Gasteiger partial charge in [-0.1, -0.05) is 26.0 Å². The molecule has 2 unspecified atom stereocenters. The lowest BCUT2D eigenvalue weighted by atomic mass is 9.77. The lowest BCUT2D eigenvalue weighted by molar-refractivity contribution is -0.384. The van der Waals surface area contributed by atoms with Crippen LogP contribution in [0.25, 0.3) is 0 Å². The minimum atomic E-state index is -0.588. The standard InChI is InChI=1S/C22H24N4O4/c1-22(2,12-23-3)19-11-18(16-10-13(26(29)30)8-9-17(16)24-19)25-20(27)14-6-4-5-7-15(14)21(25)28/h4-10,18-19,23-24H,11-12H2,1-3H3. The maximum atomic E-state index is 13.2. The highest BCUT2D eigenvalue weighted by molar-refractivity contribution is 6.21. The number of carbonyl (C=O) groups excluding carboxylic acids is 2. The highest BCUT2D eigenvalue weighted by Gasteiger charge is 2.45.